The van der Waals surface area contributed by atoms with Gasteiger partial charge in [0.25, 0.3) is 0 Å². The monoisotopic (exact) mass is 296 g/mol. The van der Waals surface area contributed by atoms with E-state index in [-0.39, 0.29) is 5.91 Å². The Morgan fingerprint density at radius 3 is 2.67 bits per heavy atom. The first kappa shape index (κ1) is 17.9. The maximum absolute atomic E-state index is 12.2. The van der Waals surface area contributed by atoms with Gasteiger partial charge in [-0.05, 0) is 19.4 Å². The molecule has 2 N–H and O–H groups in total. The van der Waals surface area contributed by atoms with Gasteiger partial charge < -0.3 is 15.4 Å². The largest absolute Gasteiger partial charge is 0.379 e. The molecule has 1 rings (SSSR count). The molecule has 0 aromatic heterocycles. The van der Waals surface area contributed by atoms with Crippen LogP contribution in [0.4, 0.5) is 0 Å². The van der Waals surface area contributed by atoms with Crippen molar-refractivity contribution in [1.82, 2.24) is 9.80 Å². The highest BCUT2D eigenvalue weighted by Crippen LogP contribution is 2.05. The molecular formula is C15H28N4O2. The highest BCUT2D eigenvalue weighted by molar-refractivity contribution is 5.76. The van der Waals surface area contributed by atoms with Crippen LogP contribution in [0, 0.1) is 11.3 Å². The van der Waals surface area contributed by atoms with E-state index in [1.807, 2.05) is 4.90 Å². The van der Waals surface area contributed by atoms with Gasteiger partial charge in [-0.2, -0.15) is 5.26 Å². The van der Waals surface area contributed by atoms with E-state index in [0.29, 0.717) is 32.5 Å². The molecular weight excluding hydrogens is 268 g/mol. The molecule has 6 nitrogen and oxygen atoms in total. The summed E-state index contributed by atoms with van der Waals surface area (Å²) in [4.78, 5) is 16.4. The molecule has 21 heavy (non-hydrogen) atoms. The van der Waals surface area contributed by atoms with Crippen molar-refractivity contribution in [3.05, 3.63) is 0 Å². The lowest BCUT2D eigenvalue weighted by Gasteiger charge is -2.30. The van der Waals surface area contributed by atoms with E-state index in [9.17, 15) is 4.79 Å². The van der Waals surface area contributed by atoms with Crippen LogP contribution in [0.15, 0.2) is 0 Å². The molecule has 0 spiro atoms. The lowest BCUT2D eigenvalue weighted by molar-refractivity contribution is -0.131. The quantitative estimate of drug-likeness (QED) is 0.596. The van der Waals surface area contributed by atoms with Gasteiger partial charge in [-0.3, -0.25) is 9.69 Å². The second-order valence-corrected chi connectivity index (χ2v) is 5.34. The minimum atomic E-state index is 0.163. The number of nitrogens with two attached hydrogens (primary N) is 1. The van der Waals surface area contributed by atoms with E-state index in [4.69, 9.17) is 15.7 Å². The van der Waals surface area contributed by atoms with Crippen LogP contribution in [-0.2, 0) is 9.53 Å². The van der Waals surface area contributed by atoms with Crippen molar-refractivity contribution < 1.29 is 9.53 Å². The summed E-state index contributed by atoms with van der Waals surface area (Å²) in [5.74, 6) is 0.163. The topological polar surface area (TPSA) is 82.6 Å². The SMILES string of the molecule is N#CCCN(CCN1CCOCC1)C(=O)CCCCCN. The summed E-state index contributed by atoms with van der Waals surface area (Å²) in [6, 6.07) is 2.12. The minimum absolute atomic E-state index is 0.163. The number of hydrogen-bond donors (Lipinski definition) is 1. The van der Waals surface area contributed by atoms with Gasteiger partial charge in [0, 0.05) is 39.1 Å². The molecule has 0 aromatic rings. The van der Waals surface area contributed by atoms with E-state index in [2.05, 4.69) is 11.0 Å². The fourth-order valence-corrected chi connectivity index (χ4v) is 2.39. The van der Waals surface area contributed by atoms with E-state index < -0.39 is 0 Å². The molecule has 0 atom stereocenters. The molecule has 1 aliphatic rings. The summed E-state index contributed by atoms with van der Waals surface area (Å²) in [5.41, 5.74) is 5.45. The fraction of sp³-hybridized carbons (Fsp3) is 0.867. The Kier molecular flexibility index (Phi) is 9.79. The molecule has 0 radical (unpaired) electrons. The summed E-state index contributed by atoms with van der Waals surface area (Å²) in [7, 11) is 0. The Morgan fingerprint density at radius 2 is 2.00 bits per heavy atom. The number of unbranched alkanes of at least 4 members (excludes halogenated alkanes) is 2. The van der Waals surface area contributed by atoms with Gasteiger partial charge in [0.05, 0.1) is 25.7 Å². The number of ether oxygens (including phenoxy) is 1. The van der Waals surface area contributed by atoms with Gasteiger partial charge in [-0.1, -0.05) is 6.42 Å². The molecule has 1 heterocycles. The molecule has 0 unspecified atom stereocenters. The zero-order valence-electron chi connectivity index (χ0n) is 12.9. The van der Waals surface area contributed by atoms with Crippen LogP contribution in [0.2, 0.25) is 0 Å². The molecule has 120 valence electrons. The highest BCUT2D eigenvalue weighted by atomic mass is 16.5. The van der Waals surface area contributed by atoms with Crippen LogP contribution in [0.3, 0.4) is 0 Å². The third-order valence-corrected chi connectivity index (χ3v) is 3.73. The predicted molar refractivity (Wildman–Crippen MR) is 81.6 cm³/mol. The van der Waals surface area contributed by atoms with E-state index in [1.54, 1.807) is 0 Å². The van der Waals surface area contributed by atoms with Crippen molar-refractivity contribution in [3.8, 4) is 6.07 Å². The van der Waals surface area contributed by atoms with Gasteiger partial charge in [-0.25, -0.2) is 0 Å². The fourth-order valence-electron chi connectivity index (χ4n) is 2.39. The average Bonchev–Trinajstić information content (AvgIpc) is 2.52. The van der Waals surface area contributed by atoms with Crippen molar-refractivity contribution in [3.63, 3.8) is 0 Å². The van der Waals surface area contributed by atoms with Crippen molar-refractivity contribution in [2.75, 3.05) is 52.5 Å². The first-order valence-electron chi connectivity index (χ1n) is 7.93. The van der Waals surface area contributed by atoms with Crippen molar-refractivity contribution in [2.24, 2.45) is 5.73 Å². The molecule has 1 amide bonds. The first-order chi connectivity index (χ1) is 10.3. The van der Waals surface area contributed by atoms with E-state index in [1.165, 1.54) is 0 Å². The van der Waals surface area contributed by atoms with Gasteiger partial charge in [0.15, 0.2) is 0 Å². The Labute approximate surface area is 127 Å². The number of carbonyl (C=O) groups excluding carboxylic acids is 1. The van der Waals surface area contributed by atoms with Crippen LogP contribution in [-0.4, -0.2) is 68.2 Å². The molecule has 0 aliphatic carbocycles. The zero-order chi connectivity index (χ0) is 15.3. The summed E-state index contributed by atoms with van der Waals surface area (Å²) in [6.45, 7) is 6.19. The van der Waals surface area contributed by atoms with Gasteiger partial charge in [0.1, 0.15) is 0 Å². The Hall–Kier alpha value is -1.16. The number of nitriles is 1. The van der Waals surface area contributed by atoms with Gasteiger partial charge >= 0.3 is 0 Å². The number of carbonyl (C=O) groups is 1. The zero-order valence-corrected chi connectivity index (χ0v) is 12.9. The van der Waals surface area contributed by atoms with Crippen molar-refractivity contribution >= 4 is 5.91 Å². The van der Waals surface area contributed by atoms with Crippen molar-refractivity contribution in [2.45, 2.75) is 32.1 Å². The molecule has 0 aromatic carbocycles. The van der Waals surface area contributed by atoms with E-state index in [0.717, 1.165) is 52.1 Å². The number of nitrogens with zero attached hydrogens (tertiary/aromatic N) is 3. The van der Waals surface area contributed by atoms with Gasteiger partial charge in [0.2, 0.25) is 5.91 Å². The lowest BCUT2D eigenvalue weighted by atomic mass is 10.1. The maximum Gasteiger partial charge on any atom is 0.222 e. The maximum atomic E-state index is 12.2. The summed E-state index contributed by atoms with van der Waals surface area (Å²) < 4.78 is 5.32. The van der Waals surface area contributed by atoms with Crippen LogP contribution >= 0.6 is 0 Å². The molecule has 1 aliphatic heterocycles. The molecule has 1 fully saturated rings. The minimum Gasteiger partial charge on any atom is -0.379 e. The van der Waals surface area contributed by atoms with Crippen LogP contribution < -0.4 is 5.73 Å². The number of morpholine rings is 1. The van der Waals surface area contributed by atoms with Crippen LogP contribution in [0.5, 0.6) is 0 Å². The second-order valence-electron chi connectivity index (χ2n) is 5.34. The summed E-state index contributed by atoms with van der Waals surface area (Å²) in [6.07, 6.45) is 3.82. The number of amides is 1. The standard InChI is InChI=1S/C15H28N4O2/c16-6-3-1-2-5-15(20)19(8-4-7-17)10-9-18-11-13-21-14-12-18/h1-6,8-14,16H2. The molecule has 0 bridgehead atoms. The second kappa shape index (κ2) is 11.5. The third kappa shape index (κ3) is 8.00. The lowest BCUT2D eigenvalue weighted by Crippen LogP contribution is -2.43. The molecule has 6 heteroatoms. The number of rotatable bonds is 10. The smallest absolute Gasteiger partial charge is 0.222 e. The molecule has 0 saturated carbocycles. The molecule has 1 saturated heterocycles. The normalized spacial score (nSPS) is 15.6. The first-order valence-corrected chi connectivity index (χ1v) is 7.93. The Balaban J connectivity index is 2.31. The predicted octanol–water partition coefficient (Wildman–Crippen LogP) is 0.580. The Bertz CT molecular complexity index is 324. The highest BCUT2D eigenvalue weighted by Gasteiger charge is 2.16. The van der Waals surface area contributed by atoms with Gasteiger partial charge in [-0.15, -0.1) is 0 Å². The third-order valence-electron chi connectivity index (χ3n) is 3.73. The number of hydrogen-bond acceptors (Lipinski definition) is 5. The van der Waals surface area contributed by atoms with Crippen molar-refractivity contribution in [1.29, 1.82) is 5.26 Å². The Morgan fingerprint density at radius 1 is 1.24 bits per heavy atom. The van der Waals surface area contributed by atoms with Crippen LogP contribution in [0.25, 0.3) is 0 Å². The van der Waals surface area contributed by atoms with Crippen LogP contribution in [0.1, 0.15) is 32.1 Å². The summed E-state index contributed by atoms with van der Waals surface area (Å²) >= 11 is 0. The summed E-state index contributed by atoms with van der Waals surface area (Å²) in [5, 5.41) is 8.73. The average molecular weight is 296 g/mol. The van der Waals surface area contributed by atoms with E-state index >= 15 is 0 Å².